The van der Waals surface area contributed by atoms with Crippen LogP contribution in [-0.4, -0.2) is 85.0 Å². The van der Waals surface area contributed by atoms with Crippen LogP contribution in [0.2, 0.25) is 0 Å². The second kappa shape index (κ2) is 7.02. The molecule has 4 aliphatic heterocycles. The number of aromatic nitrogens is 2. The highest BCUT2D eigenvalue weighted by Gasteiger charge is 2.49. The molecular formula is C20H32N4O4S. The van der Waals surface area contributed by atoms with E-state index in [0.29, 0.717) is 24.5 Å². The number of rotatable bonds is 3. The number of hydrogen-bond acceptors (Lipinski definition) is 6. The molecule has 5 rings (SSSR count). The van der Waals surface area contributed by atoms with Gasteiger partial charge in [-0.05, 0) is 51.6 Å². The molecule has 0 bridgehead atoms. The van der Waals surface area contributed by atoms with Crippen molar-refractivity contribution in [2.75, 3.05) is 46.0 Å². The minimum absolute atomic E-state index is 0.166. The van der Waals surface area contributed by atoms with E-state index in [4.69, 9.17) is 9.47 Å². The maximum Gasteiger partial charge on any atom is 0.260 e. The fourth-order valence-corrected chi connectivity index (χ4v) is 7.37. The Hall–Kier alpha value is -1.00. The largest absolute Gasteiger partial charge is 0.381 e. The van der Waals surface area contributed by atoms with Crippen LogP contribution < -0.4 is 0 Å². The van der Waals surface area contributed by atoms with Crippen molar-refractivity contribution in [3.05, 3.63) is 11.8 Å². The van der Waals surface area contributed by atoms with Gasteiger partial charge in [0.1, 0.15) is 0 Å². The number of nitrogens with zero attached hydrogens (tertiary/aromatic N) is 4. The number of hydrogen-bond donors (Lipinski definition) is 0. The third-order valence-electron chi connectivity index (χ3n) is 7.56. The maximum absolute atomic E-state index is 13.0. The molecule has 4 fully saturated rings. The normalized spacial score (nSPS) is 33.4. The smallest absolute Gasteiger partial charge is 0.260 e. The van der Waals surface area contributed by atoms with Crippen molar-refractivity contribution in [3.8, 4) is 0 Å². The topological polar surface area (TPSA) is 76.9 Å². The van der Waals surface area contributed by atoms with Crippen molar-refractivity contribution in [2.24, 2.45) is 12.5 Å². The van der Waals surface area contributed by atoms with E-state index in [2.05, 4.69) is 10.00 Å². The average Bonchev–Trinajstić information content (AvgIpc) is 3.46. The van der Waals surface area contributed by atoms with Crippen molar-refractivity contribution >= 4 is 10.0 Å². The summed E-state index contributed by atoms with van der Waals surface area (Å²) in [4.78, 5) is 2.60. The number of piperidine rings is 1. The van der Waals surface area contributed by atoms with Gasteiger partial charge in [-0.2, -0.15) is 9.40 Å². The molecule has 0 aliphatic carbocycles. The first-order valence-corrected chi connectivity index (χ1v) is 12.2. The van der Waals surface area contributed by atoms with Crippen LogP contribution in [0.3, 0.4) is 0 Å². The van der Waals surface area contributed by atoms with Crippen molar-refractivity contribution < 1.29 is 17.9 Å². The molecule has 5 heterocycles. The van der Waals surface area contributed by atoms with Gasteiger partial charge in [-0.15, -0.1) is 0 Å². The first-order valence-electron chi connectivity index (χ1n) is 10.8. The molecule has 1 aromatic heterocycles. The van der Waals surface area contributed by atoms with Gasteiger partial charge in [0.25, 0.3) is 10.0 Å². The monoisotopic (exact) mass is 424 g/mol. The second-order valence-electron chi connectivity index (χ2n) is 9.53. The van der Waals surface area contributed by atoms with E-state index in [0.717, 1.165) is 57.9 Å². The molecule has 1 aromatic rings. The van der Waals surface area contributed by atoms with Crippen LogP contribution in [0.4, 0.5) is 0 Å². The third-order valence-corrected chi connectivity index (χ3v) is 9.51. The minimum Gasteiger partial charge on any atom is -0.381 e. The lowest BCUT2D eigenvalue weighted by Gasteiger charge is -2.38. The summed E-state index contributed by atoms with van der Waals surface area (Å²) >= 11 is 0. The summed E-state index contributed by atoms with van der Waals surface area (Å²) in [5.41, 5.74) is 0.924. The maximum atomic E-state index is 13.0. The second-order valence-corrected chi connectivity index (χ2v) is 11.4. The van der Waals surface area contributed by atoms with Gasteiger partial charge in [0.15, 0.2) is 5.03 Å². The van der Waals surface area contributed by atoms with Crippen molar-refractivity contribution in [3.63, 3.8) is 0 Å². The molecule has 4 saturated heterocycles. The SMILES string of the molecule is Cc1cc(S(=O)(=O)N2CCC3(CC2)C[C@H](N2CC[C@@]4(CCOC4)C2)CO3)n(C)n1. The summed E-state index contributed by atoms with van der Waals surface area (Å²) in [7, 11) is -1.82. The molecule has 0 aromatic carbocycles. The lowest BCUT2D eigenvalue weighted by Crippen LogP contribution is -2.47. The van der Waals surface area contributed by atoms with Crippen LogP contribution in [0.1, 0.15) is 37.8 Å². The van der Waals surface area contributed by atoms with Gasteiger partial charge >= 0.3 is 0 Å². The van der Waals surface area contributed by atoms with Crippen molar-refractivity contribution in [1.29, 1.82) is 0 Å². The number of ether oxygens (including phenoxy) is 2. The molecule has 29 heavy (non-hydrogen) atoms. The van der Waals surface area contributed by atoms with Gasteiger partial charge in [0, 0.05) is 44.7 Å². The summed E-state index contributed by atoms with van der Waals surface area (Å²) in [6, 6.07) is 2.11. The summed E-state index contributed by atoms with van der Waals surface area (Å²) in [6.07, 6.45) is 4.96. The van der Waals surface area contributed by atoms with E-state index in [9.17, 15) is 8.42 Å². The molecule has 4 aliphatic rings. The Morgan fingerprint density at radius 2 is 1.97 bits per heavy atom. The van der Waals surface area contributed by atoms with E-state index < -0.39 is 10.0 Å². The Morgan fingerprint density at radius 1 is 1.17 bits per heavy atom. The van der Waals surface area contributed by atoms with E-state index in [1.807, 2.05) is 6.92 Å². The highest BCUT2D eigenvalue weighted by Crippen LogP contribution is 2.43. The molecule has 8 nitrogen and oxygen atoms in total. The molecule has 0 unspecified atom stereocenters. The standard InChI is InChI=1S/C20H32N4O4S/c1-16-11-18(22(2)21-16)29(25,26)24-8-4-20(5-9-24)12-17(13-28-20)23-7-3-19(14-23)6-10-27-15-19/h11,17H,3-10,12-15H2,1-2H3/t17-,19+/m0/s1. The lowest BCUT2D eigenvalue weighted by atomic mass is 9.86. The van der Waals surface area contributed by atoms with Gasteiger partial charge in [-0.1, -0.05) is 0 Å². The van der Waals surface area contributed by atoms with Crippen LogP contribution in [0.25, 0.3) is 0 Å². The van der Waals surface area contributed by atoms with Crippen LogP contribution >= 0.6 is 0 Å². The zero-order chi connectivity index (χ0) is 20.3. The van der Waals surface area contributed by atoms with Crippen molar-refractivity contribution in [2.45, 2.75) is 55.7 Å². The Kier molecular flexibility index (Phi) is 4.82. The molecule has 162 valence electrons. The molecule has 0 radical (unpaired) electrons. The predicted octanol–water partition coefficient (Wildman–Crippen LogP) is 1.15. The number of likely N-dealkylation sites (tertiary alicyclic amines) is 1. The lowest BCUT2D eigenvalue weighted by molar-refractivity contribution is -0.0317. The number of aryl methyl sites for hydroxylation is 2. The Labute approximate surface area is 173 Å². The number of sulfonamides is 1. The van der Waals surface area contributed by atoms with Crippen LogP contribution in [-0.2, 0) is 26.5 Å². The minimum atomic E-state index is -3.51. The fourth-order valence-electron chi connectivity index (χ4n) is 5.75. The van der Waals surface area contributed by atoms with Crippen LogP contribution in [0.15, 0.2) is 11.1 Å². The summed E-state index contributed by atoms with van der Waals surface area (Å²) < 4.78 is 41.2. The van der Waals surface area contributed by atoms with Crippen molar-refractivity contribution in [1.82, 2.24) is 19.0 Å². The first-order chi connectivity index (χ1) is 13.8. The zero-order valence-corrected chi connectivity index (χ0v) is 18.3. The third kappa shape index (κ3) is 3.44. The molecule has 0 saturated carbocycles. The molecule has 9 heteroatoms. The van der Waals surface area contributed by atoms with E-state index in [-0.39, 0.29) is 10.6 Å². The zero-order valence-electron chi connectivity index (χ0n) is 17.5. The van der Waals surface area contributed by atoms with Crippen LogP contribution in [0, 0.1) is 12.3 Å². The fraction of sp³-hybridized carbons (Fsp3) is 0.850. The quantitative estimate of drug-likeness (QED) is 0.725. The molecule has 0 amide bonds. The highest BCUT2D eigenvalue weighted by molar-refractivity contribution is 7.89. The predicted molar refractivity (Wildman–Crippen MR) is 107 cm³/mol. The van der Waals surface area contributed by atoms with E-state index >= 15 is 0 Å². The Balaban J connectivity index is 1.21. The van der Waals surface area contributed by atoms with Gasteiger partial charge in [-0.25, -0.2) is 8.42 Å². The van der Waals surface area contributed by atoms with E-state index in [1.165, 1.54) is 17.5 Å². The Bertz CT molecular complexity index is 869. The van der Waals surface area contributed by atoms with Gasteiger partial charge < -0.3 is 9.47 Å². The molecule has 2 spiro atoms. The van der Waals surface area contributed by atoms with Gasteiger partial charge in [-0.3, -0.25) is 9.58 Å². The van der Waals surface area contributed by atoms with E-state index in [1.54, 1.807) is 17.4 Å². The molecule has 0 N–H and O–H groups in total. The first kappa shape index (κ1) is 19.9. The Morgan fingerprint density at radius 3 is 2.62 bits per heavy atom. The summed E-state index contributed by atoms with van der Waals surface area (Å²) in [5, 5.41) is 4.47. The molecule has 2 atom stereocenters. The summed E-state index contributed by atoms with van der Waals surface area (Å²) in [5.74, 6) is 0. The van der Waals surface area contributed by atoms with Gasteiger partial charge in [0.2, 0.25) is 0 Å². The highest BCUT2D eigenvalue weighted by atomic mass is 32.2. The van der Waals surface area contributed by atoms with Gasteiger partial charge in [0.05, 0.1) is 24.5 Å². The summed E-state index contributed by atoms with van der Waals surface area (Å²) in [6.45, 7) is 7.67. The molecular weight excluding hydrogens is 392 g/mol. The van der Waals surface area contributed by atoms with Crippen LogP contribution in [0.5, 0.6) is 0 Å². The average molecular weight is 425 g/mol.